The van der Waals surface area contributed by atoms with Crippen LogP contribution in [0.4, 0.5) is 19.1 Å². The van der Waals surface area contributed by atoms with Gasteiger partial charge in [0, 0.05) is 5.56 Å². The lowest BCUT2D eigenvalue weighted by molar-refractivity contribution is -0.137. The number of aromatic nitrogens is 3. The van der Waals surface area contributed by atoms with Crippen molar-refractivity contribution < 1.29 is 13.2 Å². The first-order chi connectivity index (χ1) is 12.4. The molecule has 0 aliphatic carbocycles. The molecule has 0 atom stereocenters. The van der Waals surface area contributed by atoms with Gasteiger partial charge in [-0.05, 0) is 17.7 Å². The van der Waals surface area contributed by atoms with Crippen LogP contribution in [-0.4, -0.2) is 21.4 Å². The molecule has 0 amide bonds. The molecule has 6 nitrogen and oxygen atoms in total. The first-order valence-electron chi connectivity index (χ1n) is 7.42. The molecule has 0 fully saturated rings. The van der Waals surface area contributed by atoms with Crippen molar-refractivity contribution in [3.63, 3.8) is 0 Å². The van der Waals surface area contributed by atoms with Gasteiger partial charge in [0.2, 0.25) is 5.95 Å². The minimum atomic E-state index is -4.39. The van der Waals surface area contributed by atoms with Crippen LogP contribution in [-0.2, 0) is 6.18 Å². The van der Waals surface area contributed by atoms with Gasteiger partial charge < -0.3 is 0 Å². The summed E-state index contributed by atoms with van der Waals surface area (Å²) in [6, 6.07) is 13.3. The van der Waals surface area contributed by atoms with Crippen molar-refractivity contribution in [2.24, 2.45) is 5.10 Å². The highest BCUT2D eigenvalue weighted by Gasteiger charge is 2.29. The smallest absolute Gasteiger partial charge is 0.288 e. The van der Waals surface area contributed by atoms with Crippen LogP contribution in [0.2, 0.25) is 0 Å². The molecule has 0 spiro atoms. The number of nitrogens with one attached hydrogen (secondary N) is 2. The largest absolute Gasteiger partial charge is 0.416 e. The molecule has 3 aromatic rings. The average Bonchev–Trinajstić information content (AvgIpc) is 2.62. The van der Waals surface area contributed by atoms with E-state index in [0.717, 1.165) is 12.1 Å². The number of benzene rings is 2. The minimum absolute atomic E-state index is 0.0119. The van der Waals surface area contributed by atoms with Crippen LogP contribution >= 0.6 is 0 Å². The molecule has 0 bridgehead atoms. The van der Waals surface area contributed by atoms with E-state index in [-0.39, 0.29) is 11.6 Å². The van der Waals surface area contributed by atoms with E-state index in [1.807, 2.05) is 6.07 Å². The third-order valence-electron chi connectivity index (χ3n) is 3.37. The zero-order chi connectivity index (χ0) is 18.6. The summed E-state index contributed by atoms with van der Waals surface area (Å²) < 4.78 is 37.5. The summed E-state index contributed by atoms with van der Waals surface area (Å²) in [5.74, 6) is 0.0119. The molecule has 1 aromatic heterocycles. The number of H-pyrrole nitrogens is 1. The molecule has 132 valence electrons. The molecule has 2 N–H and O–H groups in total. The molecule has 0 aliphatic heterocycles. The summed E-state index contributed by atoms with van der Waals surface area (Å²) in [6.07, 6.45) is -3.09. The van der Waals surface area contributed by atoms with Crippen LogP contribution in [0.5, 0.6) is 0 Å². The summed E-state index contributed by atoms with van der Waals surface area (Å²) in [5.41, 5.74) is 2.53. The van der Waals surface area contributed by atoms with E-state index < -0.39 is 17.3 Å². The SMILES string of the molecule is O=c1[nH]c(NN=Cc2ccc(C(F)(F)F)cc2)nnc1-c1ccccc1. The monoisotopic (exact) mass is 359 g/mol. The Hall–Kier alpha value is -3.49. The number of alkyl halides is 3. The summed E-state index contributed by atoms with van der Waals surface area (Å²) in [6.45, 7) is 0. The second-order valence-electron chi connectivity index (χ2n) is 5.21. The molecule has 0 saturated heterocycles. The van der Waals surface area contributed by atoms with Crippen LogP contribution < -0.4 is 11.0 Å². The summed E-state index contributed by atoms with van der Waals surface area (Å²) >= 11 is 0. The summed E-state index contributed by atoms with van der Waals surface area (Å²) in [7, 11) is 0. The van der Waals surface area contributed by atoms with Crippen molar-refractivity contribution in [2.75, 3.05) is 5.43 Å². The van der Waals surface area contributed by atoms with Crippen LogP contribution in [0, 0.1) is 0 Å². The first kappa shape index (κ1) is 17.3. The van der Waals surface area contributed by atoms with E-state index in [1.54, 1.807) is 24.3 Å². The van der Waals surface area contributed by atoms with E-state index >= 15 is 0 Å². The van der Waals surface area contributed by atoms with E-state index in [2.05, 4.69) is 25.7 Å². The van der Waals surface area contributed by atoms with Gasteiger partial charge in [-0.15, -0.1) is 10.2 Å². The Morgan fingerprint density at radius 2 is 1.69 bits per heavy atom. The van der Waals surface area contributed by atoms with Crippen LogP contribution in [0.3, 0.4) is 0 Å². The topological polar surface area (TPSA) is 83.0 Å². The molecule has 1 heterocycles. The third kappa shape index (κ3) is 4.12. The average molecular weight is 359 g/mol. The Bertz CT molecular complexity index is 966. The van der Waals surface area contributed by atoms with Gasteiger partial charge in [0.05, 0.1) is 11.8 Å². The fraction of sp³-hybridized carbons (Fsp3) is 0.0588. The van der Waals surface area contributed by atoms with Gasteiger partial charge in [-0.1, -0.05) is 42.5 Å². The second-order valence-corrected chi connectivity index (χ2v) is 5.21. The predicted octanol–water partition coefficient (Wildman–Crippen LogP) is 3.30. The van der Waals surface area contributed by atoms with Gasteiger partial charge in [0.15, 0.2) is 5.69 Å². The number of hydrazone groups is 1. The quantitative estimate of drug-likeness (QED) is 0.553. The van der Waals surface area contributed by atoms with Gasteiger partial charge in [-0.3, -0.25) is 9.78 Å². The number of halogens is 3. The highest BCUT2D eigenvalue weighted by molar-refractivity contribution is 5.80. The first-order valence-corrected chi connectivity index (χ1v) is 7.42. The number of hydrogen-bond donors (Lipinski definition) is 2. The maximum atomic E-state index is 12.5. The van der Waals surface area contributed by atoms with Gasteiger partial charge in [-0.25, -0.2) is 5.43 Å². The summed E-state index contributed by atoms with van der Waals surface area (Å²) in [5, 5.41) is 11.5. The molecule has 0 radical (unpaired) electrons. The maximum absolute atomic E-state index is 12.5. The van der Waals surface area contributed by atoms with Crippen molar-refractivity contribution in [3.05, 3.63) is 76.1 Å². The minimum Gasteiger partial charge on any atom is -0.288 e. The molecule has 0 saturated carbocycles. The number of nitrogens with zero attached hydrogens (tertiary/aromatic N) is 3. The van der Waals surface area contributed by atoms with Crippen molar-refractivity contribution in [3.8, 4) is 11.3 Å². The highest BCUT2D eigenvalue weighted by atomic mass is 19.4. The molecule has 9 heteroatoms. The Morgan fingerprint density at radius 3 is 2.31 bits per heavy atom. The summed E-state index contributed by atoms with van der Waals surface area (Å²) in [4.78, 5) is 14.5. The van der Waals surface area contributed by atoms with E-state index in [9.17, 15) is 18.0 Å². The number of rotatable bonds is 4. The zero-order valence-corrected chi connectivity index (χ0v) is 13.2. The van der Waals surface area contributed by atoms with Crippen LogP contribution in [0.1, 0.15) is 11.1 Å². The standard InChI is InChI=1S/C17H12F3N5O/c18-17(19,20)13-8-6-11(7-9-13)10-21-24-16-22-15(26)14(23-25-16)12-4-2-1-3-5-12/h1-10H,(H2,22,24,25,26). The van der Waals surface area contributed by atoms with Gasteiger partial charge >= 0.3 is 6.18 Å². The van der Waals surface area contributed by atoms with E-state index in [1.165, 1.54) is 18.3 Å². The molecule has 26 heavy (non-hydrogen) atoms. The Morgan fingerprint density at radius 1 is 1.00 bits per heavy atom. The predicted molar refractivity (Wildman–Crippen MR) is 90.7 cm³/mol. The third-order valence-corrected chi connectivity index (χ3v) is 3.37. The Labute approximate surface area is 145 Å². The van der Waals surface area contributed by atoms with Crippen LogP contribution in [0.15, 0.2) is 64.5 Å². The normalized spacial score (nSPS) is 11.7. The lowest BCUT2D eigenvalue weighted by Crippen LogP contribution is -2.15. The Balaban J connectivity index is 1.69. The Kier molecular flexibility index (Phi) is 4.78. The van der Waals surface area contributed by atoms with Crippen molar-refractivity contribution in [1.29, 1.82) is 0 Å². The van der Waals surface area contributed by atoms with E-state index in [0.29, 0.717) is 11.1 Å². The van der Waals surface area contributed by atoms with Crippen molar-refractivity contribution >= 4 is 12.2 Å². The fourth-order valence-corrected chi connectivity index (χ4v) is 2.10. The fourth-order valence-electron chi connectivity index (χ4n) is 2.10. The lowest BCUT2D eigenvalue weighted by atomic mass is 10.1. The maximum Gasteiger partial charge on any atom is 0.416 e. The highest BCUT2D eigenvalue weighted by Crippen LogP contribution is 2.28. The number of anilines is 1. The molecule has 2 aromatic carbocycles. The molecule has 3 rings (SSSR count). The molecular weight excluding hydrogens is 347 g/mol. The lowest BCUT2D eigenvalue weighted by Gasteiger charge is -2.05. The van der Waals surface area contributed by atoms with Crippen molar-refractivity contribution in [2.45, 2.75) is 6.18 Å². The van der Waals surface area contributed by atoms with Crippen LogP contribution in [0.25, 0.3) is 11.3 Å². The van der Waals surface area contributed by atoms with Gasteiger partial charge in [0.25, 0.3) is 5.56 Å². The van der Waals surface area contributed by atoms with Gasteiger partial charge in [0.1, 0.15) is 0 Å². The van der Waals surface area contributed by atoms with Gasteiger partial charge in [-0.2, -0.15) is 18.3 Å². The number of hydrogen-bond acceptors (Lipinski definition) is 5. The van der Waals surface area contributed by atoms with E-state index in [4.69, 9.17) is 0 Å². The molecular formula is C17H12F3N5O. The molecule has 0 aliphatic rings. The second kappa shape index (κ2) is 7.18. The number of aromatic amines is 1. The molecule has 0 unspecified atom stereocenters. The van der Waals surface area contributed by atoms with Crippen molar-refractivity contribution in [1.82, 2.24) is 15.2 Å². The zero-order valence-electron chi connectivity index (χ0n) is 13.2.